The summed E-state index contributed by atoms with van der Waals surface area (Å²) >= 11 is 1.42. The zero-order valence-electron chi connectivity index (χ0n) is 28.5. The van der Waals surface area contributed by atoms with Crippen LogP contribution in [0.2, 0.25) is 0 Å². The molecule has 1 aliphatic rings. The Morgan fingerprint density at radius 1 is 0.958 bits per heavy atom. The fourth-order valence-corrected chi connectivity index (χ4v) is 9.07. The molecule has 0 radical (unpaired) electrons. The molecule has 1 aliphatic heterocycles. The van der Waals surface area contributed by atoms with E-state index in [-0.39, 0.29) is 41.8 Å². The molecule has 0 bridgehead atoms. The number of carbonyl (C=O) groups excluding carboxylic acids is 3. The fraction of sp³-hybridized carbons (Fsp3) is 0.447. The van der Waals surface area contributed by atoms with Crippen molar-refractivity contribution >= 4 is 50.4 Å². The van der Waals surface area contributed by atoms with Gasteiger partial charge in [-0.2, -0.15) is 0 Å². The summed E-state index contributed by atoms with van der Waals surface area (Å²) in [4.78, 5) is 40.9. The molecule has 0 aromatic heterocycles. The smallest absolute Gasteiger partial charge is 0.228 e. The van der Waals surface area contributed by atoms with Crippen molar-refractivity contribution in [2.45, 2.75) is 81.4 Å². The number of unbranched alkanes of at least 4 members (excludes halogenated alkanes) is 2. The molecule has 1 atom stereocenters. The van der Waals surface area contributed by atoms with Gasteiger partial charge < -0.3 is 15.0 Å². The Bertz CT molecular complexity index is 1650. The third-order valence-electron chi connectivity index (χ3n) is 8.90. The quantitative estimate of drug-likeness (QED) is 0.145. The highest BCUT2D eigenvalue weighted by Crippen LogP contribution is 2.47. The molecule has 8 nitrogen and oxygen atoms in total. The molecule has 48 heavy (non-hydrogen) atoms. The zero-order valence-corrected chi connectivity index (χ0v) is 30.1. The number of Topliss-reactive ketones (excluding diaryl/α,β-unsaturated/α-hetero) is 2. The first-order valence-electron chi connectivity index (χ1n) is 16.8. The summed E-state index contributed by atoms with van der Waals surface area (Å²) in [6.45, 7) is 5.79. The third-order valence-corrected chi connectivity index (χ3v) is 11.6. The van der Waals surface area contributed by atoms with Crippen LogP contribution in [0.15, 0.2) is 82.6 Å². The summed E-state index contributed by atoms with van der Waals surface area (Å²) in [6.07, 6.45) is 7.25. The van der Waals surface area contributed by atoms with E-state index in [1.807, 2.05) is 48.7 Å². The molecule has 0 fully saturated rings. The topological polar surface area (TPSA) is 110 Å². The van der Waals surface area contributed by atoms with Crippen molar-refractivity contribution in [3.63, 3.8) is 0 Å². The minimum atomic E-state index is -3.75. The maximum Gasteiger partial charge on any atom is 0.228 e. The average molecular weight is 693 g/mol. The number of nitrogens with zero attached hydrogens (tertiary/aromatic N) is 1. The molecule has 3 aromatic rings. The lowest BCUT2D eigenvalue weighted by Gasteiger charge is -2.37. The predicted octanol–water partition coefficient (Wildman–Crippen LogP) is 7.53. The highest BCUT2D eigenvalue weighted by atomic mass is 32.2. The van der Waals surface area contributed by atoms with E-state index in [9.17, 15) is 22.8 Å². The van der Waals surface area contributed by atoms with Crippen LogP contribution < -0.4 is 15.0 Å². The number of nitrogens with one attached hydrogen (secondary N) is 1. The second kappa shape index (κ2) is 17.2. The number of carbonyl (C=O) groups is 3. The van der Waals surface area contributed by atoms with Crippen molar-refractivity contribution in [1.29, 1.82) is 0 Å². The standard InChI is InChI=1S/C38H48N2O6S2/c1-5-7-19-38(20-8-6-2)26-40(30-17-13-10-14-18-30)33-22-35(47-4)34(23-36(33)48(44,45)27-38)46-25-31(42)21-32(29-15-11-9-12-16-29)37(43)39-24-28(3)41/h9-18,22-23,32H,5-8,19-21,24-27H2,1-4H3,(H,39,43). The summed E-state index contributed by atoms with van der Waals surface area (Å²) in [6, 6.07) is 22.3. The lowest BCUT2D eigenvalue weighted by molar-refractivity contribution is -0.128. The van der Waals surface area contributed by atoms with Gasteiger partial charge in [-0.05, 0) is 49.8 Å². The van der Waals surface area contributed by atoms with E-state index in [2.05, 4.69) is 24.1 Å². The second-order valence-electron chi connectivity index (χ2n) is 12.8. The number of thioether (sulfide) groups is 1. The van der Waals surface area contributed by atoms with Crippen molar-refractivity contribution in [2.24, 2.45) is 5.41 Å². The van der Waals surface area contributed by atoms with Gasteiger partial charge in [0.05, 0.1) is 33.7 Å². The first kappa shape index (κ1) is 37.2. The van der Waals surface area contributed by atoms with Gasteiger partial charge in [0, 0.05) is 30.1 Å². The van der Waals surface area contributed by atoms with Crippen LogP contribution in [0.4, 0.5) is 11.4 Å². The summed E-state index contributed by atoms with van der Waals surface area (Å²) in [7, 11) is -3.75. The molecule has 258 valence electrons. The number of ketones is 2. The van der Waals surface area contributed by atoms with E-state index in [1.165, 1.54) is 18.7 Å². The molecule has 0 saturated carbocycles. The Morgan fingerprint density at radius 3 is 2.17 bits per heavy atom. The highest BCUT2D eigenvalue weighted by Gasteiger charge is 2.42. The number of benzene rings is 3. The Kier molecular flexibility index (Phi) is 13.3. The minimum Gasteiger partial charge on any atom is -0.485 e. The lowest BCUT2D eigenvalue weighted by atomic mass is 9.79. The molecule has 1 amide bonds. The molecule has 0 spiro atoms. The normalized spacial score (nSPS) is 15.5. The number of para-hydroxylation sites is 1. The van der Waals surface area contributed by atoms with Crippen LogP contribution in [0.1, 0.15) is 77.2 Å². The number of rotatable bonds is 17. The molecule has 10 heteroatoms. The van der Waals surface area contributed by atoms with Crippen LogP contribution in [-0.2, 0) is 24.2 Å². The van der Waals surface area contributed by atoms with Crippen molar-refractivity contribution in [3.8, 4) is 5.75 Å². The number of fused-ring (bicyclic) bond motifs is 1. The number of sulfone groups is 1. The largest absolute Gasteiger partial charge is 0.485 e. The van der Waals surface area contributed by atoms with Crippen LogP contribution in [-0.4, -0.2) is 57.6 Å². The molecule has 1 heterocycles. The molecule has 3 aromatic carbocycles. The van der Waals surface area contributed by atoms with Gasteiger partial charge in [0.2, 0.25) is 5.91 Å². The van der Waals surface area contributed by atoms with E-state index in [0.29, 0.717) is 28.4 Å². The molecular formula is C38H48N2O6S2. The lowest BCUT2D eigenvalue weighted by Crippen LogP contribution is -2.38. The van der Waals surface area contributed by atoms with E-state index in [4.69, 9.17) is 4.74 Å². The van der Waals surface area contributed by atoms with Gasteiger partial charge in [0.15, 0.2) is 15.6 Å². The van der Waals surface area contributed by atoms with Gasteiger partial charge in [-0.15, -0.1) is 11.8 Å². The van der Waals surface area contributed by atoms with Gasteiger partial charge in [-0.25, -0.2) is 8.42 Å². The summed E-state index contributed by atoms with van der Waals surface area (Å²) in [5.74, 6) is -1.36. The fourth-order valence-electron chi connectivity index (χ4n) is 6.41. The monoisotopic (exact) mass is 692 g/mol. The molecule has 1 N–H and O–H groups in total. The van der Waals surface area contributed by atoms with Crippen molar-refractivity contribution in [3.05, 3.63) is 78.4 Å². The maximum atomic E-state index is 14.4. The van der Waals surface area contributed by atoms with Crippen molar-refractivity contribution in [1.82, 2.24) is 5.32 Å². The van der Waals surface area contributed by atoms with E-state index in [1.54, 1.807) is 30.3 Å². The Labute approximate surface area is 289 Å². The van der Waals surface area contributed by atoms with E-state index >= 15 is 0 Å². The highest BCUT2D eigenvalue weighted by molar-refractivity contribution is 7.98. The van der Waals surface area contributed by atoms with Crippen LogP contribution in [0, 0.1) is 5.41 Å². The second-order valence-corrected chi connectivity index (χ2v) is 15.6. The van der Waals surface area contributed by atoms with Gasteiger partial charge in [-0.3, -0.25) is 14.4 Å². The van der Waals surface area contributed by atoms with Crippen LogP contribution in [0.5, 0.6) is 5.75 Å². The SMILES string of the molecule is CCCCC1(CCCC)CN(c2ccccc2)c2cc(SC)c(OCC(=O)CC(C(=O)NCC(C)=O)c3ccccc3)cc2S(=O)(=O)C1. The molecular weight excluding hydrogens is 645 g/mol. The number of anilines is 2. The van der Waals surface area contributed by atoms with Gasteiger partial charge in [-0.1, -0.05) is 88.1 Å². The van der Waals surface area contributed by atoms with Crippen molar-refractivity contribution in [2.75, 3.05) is 36.6 Å². The van der Waals surface area contributed by atoms with Gasteiger partial charge >= 0.3 is 0 Å². The van der Waals surface area contributed by atoms with E-state index in [0.717, 1.165) is 44.2 Å². The first-order valence-corrected chi connectivity index (χ1v) is 19.6. The predicted molar refractivity (Wildman–Crippen MR) is 193 cm³/mol. The Hall–Kier alpha value is -3.63. The molecule has 4 rings (SSSR count). The van der Waals surface area contributed by atoms with Crippen molar-refractivity contribution < 1.29 is 27.5 Å². The first-order chi connectivity index (χ1) is 23.0. The zero-order chi connectivity index (χ0) is 34.7. The number of hydrogen-bond donors (Lipinski definition) is 1. The van der Waals surface area contributed by atoms with Crippen LogP contribution >= 0.6 is 11.8 Å². The molecule has 0 aliphatic carbocycles. The summed E-state index contributed by atoms with van der Waals surface area (Å²) in [5, 5.41) is 2.62. The summed E-state index contributed by atoms with van der Waals surface area (Å²) in [5.41, 5.74) is 1.78. The number of ether oxygens (including phenoxy) is 1. The molecule has 1 unspecified atom stereocenters. The van der Waals surface area contributed by atoms with Gasteiger partial charge in [0.1, 0.15) is 18.1 Å². The number of amides is 1. The third kappa shape index (κ3) is 9.50. The maximum absolute atomic E-state index is 14.4. The van der Waals surface area contributed by atoms with E-state index < -0.39 is 27.1 Å². The summed E-state index contributed by atoms with van der Waals surface area (Å²) < 4.78 is 34.8. The molecule has 0 saturated heterocycles. The minimum absolute atomic E-state index is 0.0431. The van der Waals surface area contributed by atoms with Gasteiger partial charge in [0.25, 0.3) is 0 Å². The van der Waals surface area contributed by atoms with Crippen LogP contribution in [0.25, 0.3) is 0 Å². The average Bonchev–Trinajstić information content (AvgIpc) is 3.18. The van der Waals surface area contributed by atoms with Crippen LogP contribution in [0.3, 0.4) is 0 Å². The number of hydrogen-bond acceptors (Lipinski definition) is 8. The Balaban J connectivity index is 1.68. The Morgan fingerprint density at radius 2 is 1.58 bits per heavy atom.